The first-order chi connectivity index (χ1) is 12.4. The number of rotatable bonds is 3. The van der Waals surface area contributed by atoms with Crippen LogP contribution >= 0.6 is 0 Å². The van der Waals surface area contributed by atoms with Gasteiger partial charge in [-0.1, -0.05) is 65.8 Å². The number of aryl methyl sites for hydroxylation is 2. The Labute approximate surface area is 145 Å². The SMILES string of the molecule is c1ccc(Cn2nc3c(c2-c2ccccc2)-c2oncc2CC3)cc1. The number of hydrogen-bond donors (Lipinski definition) is 0. The van der Waals surface area contributed by atoms with Crippen molar-refractivity contribution in [2.45, 2.75) is 19.4 Å². The van der Waals surface area contributed by atoms with Gasteiger partial charge >= 0.3 is 0 Å². The number of nitrogens with zero attached hydrogens (tertiary/aromatic N) is 3. The number of fused-ring (bicyclic) bond motifs is 3. The fourth-order valence-corrected chi connectivity index (χ4v) is 3.58. The van der Waals surface area contributed by atoms with Gasteiger partial charge in [-0.05, 0) is 18.4 Å². The van der Waals surface area contributed by atoms with Crippen LogP contribution in [0.5, 0.6) is 0 Å². The highest BCUT2D eigenvalue weighted by Crippen LogP contribution is 2.40. The molecule has 0 fully saturated rings. The molecule has 122 valence electrons. The third-order valence-electron chi connectivity index (χ3n) is 4.75. The van der Waals surface area contributed by atoms with E-state index >= 15 is 0 Å². The van der Waals surface area contributed by atoms with Crippen molar-refractivity contribution in [3.05, 3.63) is 83.7 Å². The van der Waals surface area contributed by atoms with Crippen LogP contribution in [0.2, 0.25) is 0 Å². The van der Waals surface area contributed by atoms with E-state index in [1.54, 1.807) is 0 Å². The van der Waals surface area contributed by atoms with E-state index in [4.69, 9.17) is 9.62 Å². The number of benzene rings is 2. The molecule has 4 aromatic rings. The van der Waals surface area contributed by atoms with E-state index in [9.17, 15) is 0 Å². The second-order valence-electron chi connectivity index (χ2n) is 6.36. The summed E-state index contributed by atoms with van der Waals surface area (Å²) in [6.45, 7) is 0.738. The maximum atomic E-state index is 5.60. The molecule has 0 spiro atoms. The highest BCUT2D eigenvalue weighted by molar-refractivity contribution is 5.83. The molecular weight excluding hydrogens is 310 g/mol. The van der Waals surface area contributed by atoms with Gasteiger partial charge in [0.2, 0.25) is 0 Å². The van der Waals surface area contributed by atoms with Crippen LogP contribution in [0, 0.1) is 0 Å². The summed E-state index contributed by atoms with van der Waals surface area (Å²) in [5.41, 5.74) is 6.86. The maximum Gasteiger partial charge on any atom is 0.174 e. The fourth-order valence-electron chi connectivity index (χ4n) is 3.58. The lowest BCUT2D eigenvalue weighted by molar-refractivity contribution is 0.430. The Kier molecular flexibility index (Phi) is 3.27. The van der Waals surface area contributed by atoms with Crippen LogP contribution in [-0.2, 0) is 19.4 Å². The van der Waals surface area contributed by atoms with E-state index in [1.807, 2.05) is 18.3 Å². The van der Waals surface area contributed by atoms with Gasteiger partial charge in [-0.3, -0.25) is 4.68 Å². The van der Waals surface area contributed by atoms with Crippen molar-refractivity contribution in [1.29, 1.82) is 0 Å². The molecule has 4 nitrogen and oxygen atoms in total. The zero-order chi connectivity index (χ0) is 16.6. The Morgan fingerprint density at radius 3 is 2.48 bits per heavy atom. The van der Waals surface area contributed by atoms with Crippen molar-refractivity contribution in [2.24, 2.45) is 0 Å². The Hall–Kier alpha value is -3.14. The summed E-state index contributed by atoms with van der Waals surface area (Å²) in [6.07, 6.45) is 3.69. The topological polar surface area (TPSA) is 43.9 Å². The molecule has 0 N–H and O–H groups in total. The highest BCUT2D eigenvalue weighted by Gasteiger charge is 2.29. The van der Waals surface area contributed by atoms with Gasteiger partial charge in [0.25, 0.3) is 0 Å². The minimum Gasteiger partial charge on any atom is -0.356 e. The lowest BCUT2D eigenvalue weighted by Gasteiger charge is -2.11. The molecule has 0 amide bonds. The largest absolute Gasteiger partial charge is 0.356 e. The molecule has 0 atom stereocenters. The third kappa shape index (κ3) is 2.38. The Balaban J connectivity index is 1.72. The van der Waals surface area contributed by atoms with Gasteiger partial charge in [-0.15, -0.1) is 0 Å². The van der Waals surface area contributed by atoms with Gasteiger partial charge in [0, 0.05) is 11.1 Å². The molecule has 5 rings (SSSR count). The molecule has 0 aliphatic heterocycles. The predicted molar refractivity (Wildman–Crippen MR) is 96.1 cm³/mol. The maximum absolute atomic E-state index is 5.60. The van der Waals surface area contributed by atoms with E-state index in [-0.39, 0.29) is 0 Å². The summed E-state index contributed by atoms with van der Waals surface area (Å²) in [4.78, 5) is 0. The molecular formula is C21H17N3O. The molecule has 2 aromatic heterocycles. The molecule has 2 aromatic carbocycles. The van der Waals surface area contributed by atoms with Gasteiger partial charge in [0.15, 0.2) is 5.76 Å². The van der Waals surface area contributed by atoms with E-state index in [0.717, 1.165) is 47.7 Å². The van der Waals surface area contributed by atoms with Crippen LogP contribution in [0.15, 0.2) is 71.4 Å². The molecule has 2 heterocycles. The van der Waals surface area contributed by atoms with Crippen LogP contribution in [0.1, 0.15) is 16.8 Å². The summed E-state index contributed by atoms with van der Waals surface area (Å²) < 4.78 is 7.71. The molecule has 4 heteroatoms. The lowest BCUT2D eigenvalue weighted by atomic mass is 9.93. The van der Waals surface area contributed by atoms with Gasteiger partial charge in [0.1, 0.15) is 0 Å². The molecule has 0 saturated heterocycles. The summed E-state index contributed by atoms with van der Waals surface area (Å²) in [5.74, 6) is 0.874. The van der Waals surface area contributed by atoms with Crippen molar-refractivity contribution in [1.82, 2.24) is 14.9 Å². The van der Waals surface area contributed by atoms with Crippen molar-refractivity contribution < 1.29 is 4.52 Å². The summed E-state index contributed by atoms with van der Waals surface area (Å²) in [6, 6.07) is 20.9. The van der Waals surface area contributed by atoms with Crippen molar-refractivity contribution in [3.8, 4) is 22.6 Å². The van der Waals surface area contributed by atoms with E-state index in [0.29, 0.717) is 0 Å². The molecule has 25 heavy (non-hydrogen) atoms. The summed E-state index contributed by atoms with van der Waals surface area (Å²) in [7, 11) is 0. The van der Waals surface area contributed by atoms with Crippen molar-refractivity contribution in [3.63, 3.8) is 0 Å². The zero-order valence-corrected chi connectivity index (χ0v) is 13.7. The van der Waals surface area contributed by atoms with E-state index in [2.05, 4.69) is 58.4 Å². The molecule has 0 unspecified atom stereocenters. The van der Waals surface area contributed by atoms with Crippen LogP contribution in [0.4, 0.5) is 0 Å². The minimum absolute atomic E-state index is 0.738. The molecule has 0 bridgehead atoms. The van der Waals surface area contributed by atoms with E-state index < -0.39 is 0 Å². The predicted octanol–water partition coefficient (Wildman–Crippen LogP) is 4.35. The van der Waals surface area contributed by atoms with Crippen LogP contribution < -0.4 is 0 Å². The van der Waals surface area contributed by atoms with E-state index in [1.165, 1.54) is 11.1 Å². The van der Waals surface area contributed by atoms with Crippen molar-refractivity contribution >= 4 is 0 Å². The average molecular weight is 327 g/mol. The van der Waals surface area contributed by atoms with Gasteiger partial charge in [-0.25, -0.2) is 0 Å². The number of aromatic nitrogens is 3. The summed E-state index contributed by atoms with van der Waals surface area (Å²) >= 11 is 0. The van der Waals surface area contributed by atoms with Crippen LogP contribution in [0.25, 0.3) is 22.6 Å². The second kappa shape index (κ2) is 5.74. The van der Waals surface area contributed by atoms with Gasteiger partial charge in [0.05, 0.1) is 29.7 Å². The van der Waals surface area contributed by atoms with Gasteiger partial charge < -0.3 is 4.52 Å². The standard InChI is InChI=1S/C21H17N3O/c1-3-7-15(8-4-1)14-24-20(16-9-5-2-6-10-16)19-18(23-24)12-11-17-13-22-25-21(17)19/h1-10,13H,11-12,14H2. The monoisotopic (exact) mass is 327 g/mol. The average Bonchev–Trinajstić information content (AvgIpc) is 3.27. The lowest BCUT2D eigenvalue weighted by Crippen LogP contribution is -2.04. The molecule has 1 aliphatic rings. The van der Waals surface area contributed by atoms with Crippen molar-refractivity contribution in [2.75, 3.05) is 0 Å². The first-order valence-electron chi connectivity index (χ1n) is 8.53. The third-order valence-corrected chi connectivity index (χ3v) is 4.75. The summed E-state index contributed by atoms with van der Waals surface area (Å²) in [5, 5.41) is 8.95. The fraction of sp³-hybridized carbons (Fsp3) is 0.143. The quantitative estimate of drug-likeness (QED) is 0.562. The Morgan fingerprint density at radius 1 is 0.920 bits per heavy atom. The first-order valence-corrected chi connectivity index (χ1v) is 8.53. The normalized spacial score (nSPS) is 12.6. The van der Waals surface area contributed by atoms with Crippen LogP contribution in [0.3, 0.4) is 0 Å². The molecule has 1 aliphatic carbocycles. The zero-order valence-electron chi connectivity index (χ0n) is 13.7. The van der Waals surface area contributed by atoms with Gasteiger partial charge in [-0.2, -0.15) is 5.10 Å². The smallest absolute Gasteiger partial charge is 0.174 e. The van der Waals surface area contributed by atoms with Crippen LogP contribution in [-0.4, -0.2) is 14.9 Å². The minimum atomic E-state index is 0.738. The highest BCUT2D eigenvalue weighted by atomic mass is 16.5. The first kappa shape index (κ1) is 14.2. The molecule has 0 radical (unpaired) electrons. The Morgan fingerprint density at radius 2 is 1.68 bits per heavy atom. The Bertz CT molecular complexity index is 1020. The second-order valence-corrected chi connectivity index (χ2v) is 6.36. The number of hydrogen-bond acceptors (Lipinski definition) is 3. The molecule has 0 saturated carbocycles.